The number of hydrogen-bond acceptors (Lipinski definition) is 7. The summed E-state index contributed by atoms with van der Waals surface area (Å²) in [5.74, 6) is 0.558. The largest absolute Gasteiger partial charge is 0.383 e. The molecule has 1 amide bonds. The number of carbonyl (C=O) groups excluding carboxylic acids is 1. The fourth-order valence-corrected chi connectivity index (χ4v) is 4.91. The van der Waals surface area contributed by atoms with Crippen molar-refractivity contribution in [2.75, 3.05) is 5.32 Å². The van der Waals surface area contributed by atoms with Gasteiger partial charge in [-0.3, -0.25) is 4.79 Å². The van der Waals surface area contributed by atoms with Gasteiger partial charge in [0.1, 0.15) is 18.2 Å². The number of amides is 1. The minimum absolute atomic E-state index is 0.248. The topological polar surface area (TPSA) is 121 Å². The lowest BCUT2D eigenvalue weighted by Crippen LogP contribution is -2.07. The molecule has 1 aromatic carbocycles. The zero-order chi connectivity index (χ0) is 23.7. The minimum Gasteiger partial charge on any atom is -0.383 e. The van der Waals surface area contributed by atoms with Crippen molar-refractivity contribution in [3.05, 3.63) is 83.7 Å². The van der Waals surface area contributed by atoms with Gasteiger partial charge in [0.15, 0.2) is 5.82 Å². The van der Waals surface area contributed by atoms with Crippen LogP contribution in [0.2, 0.25) is 0 Å². The van der Waals surface area contributed by atoms with Crippen molar-refractivity contribution >= 4 is 39.7 Å². The Labute approximate surface area is 198 Å². The second kappa shape index (κ2) is 8.82. The molecule has 0 aliphatic heterocycles. The molecule has 0 saturated heterocycles. The minimum atomic E-state index is -1.17. The fraction of sp³-hybridized carbons (Fsp3) is 0.0833. The molecule has 10 heteroatoms. The molecule has 4 heterocycles. The number of H-pyrrole nitrogens is 1. The molecular weight excluding hydrogens is 450 g/mol. The van der Waals surface area contributed by atoms with Gasteiger partial charge in [-0.2, -0.15) is 0 Å². The number of thiophene rings is 1. The van der Waals surface area contributed by atoms with Crippen LogP contribution in [-0.4, -0.2) is 36.2 Å². The van der Waals surface area contributed by atoms with E-state index >= 15 is 0 Å². The lowest BCUT2D eigenvalue weighted by Gasteiger charge is -2.13. The Morgan fingerprint density at radius 2 is 2.06 bits per heavy atom. The molecule has 4 aromatic heterocycles. The highest BCUT2D eigenvalue weighted by Gasteiger charge is 2.29. The van der Waals surface area contributed by atoms with Gasteiger partial charge in [0.2, 0.25) is 11.6 Å². The van der Waals surface area contributed by atoms with Gasteiger partial charge in [-0.25, -0.2) is 14.8 Å². The Morgan fingerprint density at radius 1 is 1.21 bits per heavy atom. The van der Waals surface area contributed by atoms with E-state index in [2.05, 4.69) is 35.3 Å². The van der Waals surface area contributed by atoms with Crippen LogP contribution in [0.5, 0.6) is 0 Å². The zero-order valence-corrected chi connectivity index (χ0v) is 18.7. The molecule has 5 rings (SSSR count). The summed E-state index contributed by atoms with van der Waals surface area (Å²) in [5.41, 5.74) is 2.52. The number of carbonyl (C=O) groups is 1. The molecule has 5 aromatic rings. The van der Waals surface area contributed by atoms with Crippen LogP contribution < -0.4 is 5.32 Å². The van der Waals surface area contributed by atoms with Crippen LogP contribution in [0.4, 0.5) is 11.5 Å². The molecule has 34 heavy (non-hydrogen) atoms. The number of nitrogens with one attached hydrogen (secondary N) is 2. The molecular formula is C24H17N7O2S. The van der Waals surface area contributed by atoms with Gasteiger partial charge in [0, 0.05) is 28.9 Å². The molecule has 9 nitrogen and oxygen atoms in total. The van der Waals surface area contributed by atoms with Crippen molar-refractivity contribution in [2.45, 2.75) is 13.0 Å². The normalized spacial score (nSPS) is 11.8. The van der Waals surface area contributed by atoms with Crippen LogP contribution in [0, 0.1) is 6.57 Å². The Balaban J connectivity index is 1.69. The molecule has 0 aliphatic rings. The summed E-state index contributed by atoms with van der Waals surface area (Å²) in [4.78, 5) is 28.2. The quantitative estimate of drug-likeness (QED) is 0.321. The summed E-state index contributed by atoms with van der Waals surface area (Å²) in [7, 11) is 0. The molecule has 0 spiro atoms. The summed E-state index contributed by atoms with van der Waals surface area (Å²) in [6.45, 7) is 9.34. The van der Waals surface area contributed by atoms with Gasteiger partial charge in [0.25, 0.3) is 0 Å². The van der Waals surface area contributed by atoms with E-state index < -0.39 is 6.10 Å². The van der Waals surface area contributed by atoms with Crippen molar-refractivity contribution < 1.29 is 9.90 Å². The first-order chi connectivity index (χ1) is 16.5. The van der Waals surface area contributed by atoms with Crippen molar-refractivity contribution in [3.8, 4) is 21.1 Å². The van der Waals surface area contributed by atoms with E-state index in [4.69, 9.17) is 6.57 Å². The summed E-state index contributed by atoms with van der Waals surface area (Å²) >= 11 is 1.30. The van der Waals surface area contributed by atoms with Crippen LogP contribution in [0.3, 0.4) is 0 Å². The lowest BCUT2D eigenvalue weighted by atomic mass is 10.0. The third kappa shape index (κ3) is 3.90. The number of fused-ring (bicyclic) bond motifs is 1. The molecule has 0 radical (unpaired) electrons. The van der Waals surface area contributed by atoms with Crippen LogP contribution in [0.1, 0.15) is 24.3 Å². The number of hydrogen-bond donors (Lipinski definition) is 3. The second-order valence-corrected chi connectivity index (χ2v) is 8.43. The monoisotopic (exact) mass is 467 g/mol. The number of rotatable bonds is 5. The number of aromatic nitrogens is 5. The standard InChI is InChI=1S/C24H17N7O2S/c1-13(32)29-18-11-15(9-10-26-18)22-20(25-2)19(23(34-22)24-27-12-28-31-24)21(33)17-8-7-14-5-3-4-6-16(14)30-17/h3-12,21,33H,1H3,(H,26,29,32)(H,27,28,31). The van der Waals surface area contributed by atoms with E-state index in [1.54, 1.807) is 24.4 Å². The maximum atomic E-state index is 11.5. The highest BCUT2D eigenvalue weighted by atomic mass is 32.1. The second-order valence-electron chi connectivity index (χ2n) is 7.41. The van der Waals surface area contributed by atoms with E-state index in [0.29, 0.717) is 38.2 Å². The number of para-hydroxylation sites is 1. The maximum Gasteiger partial charge on any atom is 0.222 e. The van der Waals surface area contributed by atoms with Gasteiger partial charge in [-0.15, -0.1) is 21.5 Å². The Morgan fingerprint density at radius 3 is 2.82 bits per heavy atom. The van der Waals surface area contributed by atoms with Gasteiger partial charge in [-0.05, 0) is 29.8 Å². The van der Waals surface area contributed by atoms with Gasteiger partial charge in [-0.1, -0.05) is 24.3 Å². The lowest BCUT2D eigenvalue weighted by molar-refractivity contribution is -0.114. The average Bonchev–Trinajstić information content (AvgIpc) is 3.51. The number of pyridine rings is 2. The molecule has 0 saturated carbocycles. The van der Waals surface area contributed by atoms with Crippen molar-refractivity contribution in [3.63, 3.8) is 0 Å². The molecule has 3 N–H and O–H groups in total. The van der Waals surface area contributed by atoms with Crippen LogP contribution >= 0.6 is 11.3 Å². The van der Waals surface area contributed by atoms with E-state index in [9.17, 15) is 9.90 Å². The molecule has 0 fully saturated rings. The predicted octanol–water partition coefficient (Wildman–Crippen LogP) is 4.73. The molecule has 166 valence electrons. The van der Waals surface area contributed by atoms with Crippen LogP contribution in [-0.2, 0) is 4.79 Å². The summed E-state index contributed by atoms with van der Waals surface area (Å²) in [6.07, 6.45) is 1.83. The van der Waals surface area contributed by atoms with E-state index in [1.165, 1.54) is 24.6 Å². The molecule has 1 unspecified atom stereocenters. The number of benzene rings is 1. The number of aliphatic hydroxyl groups is 1. The van der Waals surface area contributed by atoms with E-state index in [-0.39, 0.29) is 11.6 Å². The average molecular weight is 468 g/mol. The first-order valence-electron chi connectivity index (χ1n) is 10.2. The highest BCUT2D eigenvalue weighted by molar-refractivity contribution is 7.19. The Bertz CT molecular complexity index is 1550. The first-order valence-corrected chi connectivity index (χ1v) is 11.0. The summed E-state index contributed by atoms with van der Waals surface area (Å²) in [5, 5.41) is 23.0. The first kappa shape index (κ1) is 21.4. The number of nitrogens with zero attached hydrogens (tertiary/aromatic N) is 5. The molecule has 0 aliphatic carbocycles. The summed E-state index contributed by atoms with van der Waals surface area (Å²) < 4.78 is 0. The van der Waals surface area contributed by atoms with Gasteiger partial charge in [0.05, 0.1) is 22.7 Å². The van der Waals surface area contributed by atoms with E-state index in [1.807, 2.05) is 30.3 Å². The highest BCUT2D eigenvalue weighted by Crippen LogP contribution is 2.50. The number of aromatic amines is 1. The Hall–Kier alpha value is -4.46. The number of aliphatic hydroxyl groups excluding tert-OH is 1. The smallest absolute Gasteiger partial charge is 0.222 e. The third-order valence-electron chi connectivity index (χ3n) is 5.16. The number of anilines is 1. The fourth-order valence-electron chi connectivity index (χ4n) is 3.69. The van der Waals surface area contributed by atoms with Crippen molar-refractivity contribution in [1.82, 2.24) is 25.1 Å². The maximum absolute atomic E-state index is 11.5. The van der Waals surface area contributed by atoms with Crippen LogP contribution in [0.15, 0.2) is 61.1 Å². The SMILES string of the molecule is [C-]#[N+]c1c(-c2ccnc(NC(C)=O)c2)sc(-c2nnc[nH]2)c1C(O)c1ccc2ccccc2n1. The Kier molecular flexibility index (Phi) is 5.55. The van der Waals surface area contributed by atoms with Gasteiger partial charge >= 0.3 is 0 Å². The van der Waals surface area contributed by atoms with Crippen LogP contribution in [0.25, 0.3) is 36.9 Å². The van der Waals surface area contributed by atoms with Crippen molar-refractivity contribution in [1.29, 1.82) is 0 Å². The zero-order valence-electron chi connectivity index (χ0n) is 17.9. The van der Waals surface area contributed by atoms with E-state index in [0.717, 1.165) is 10.9 Å². The van der Waals surface area contributed by atoms with Gasteiger partial charge < -0.3 is 15.4 Å². The molecule has 0 bridgehead atoms. The third-order valence-corrected chi connectivity index (χ3v) is 6.41. The summed E-state index contributed by atoms with van der Waals surface area (Å²) in [6, 6.07) is 14.7. The van der Waals surface area contributed by atoms with Crippen molar-refractivity contribution in [2.24, 2.45) is 0 Å². The predicted molar refractivity (Wildman–Crippen MR) is 129 cm³/mol. The molecule has 1 atom stereocenters.